The maximum absolute atomic E-state index is 12.4. The molecule has 0 aliphatic carbocycles. The summed E-state index contributed by atoms with van der Waals surface area (Å²) in [5, 5.41) is 13.7. The first-order valence-electron chi connectivity index (χ1n) is 8.29. The first kappa shape index (κ1) is 16.5. The molecule has 0 saturated heterocycles. The van der Waals surface area contributed by atoms with E-state index in [4.69, 9.17) is 4.74 Å². The number of fused-ring (bicyclic) bond motifs is 1. The highest BCUT2D eigenvalue weighted by Crippen LogP contribution is 2.22. The minimum Gasteiger partial charge on any atom is -0.494 e. The lowest BCUT2D eigenvalue weighted by Crippen LogP contribution is -2.36. The lowest BCUT2D eigenvalue weighted by Gasteiger charge is -2.27. The van der Waals surface area contributed by atoms with E-state index in [0.717, 1.165) is 23.4 Å². The summed E-state index contributed by atoms with van der Waals surface area (Å²) < 4.78 is 7.44. The van der Waals surface area contributed by atoms with Crippen LogP contribution in [0.4, 0.5) is 0 Å². The number of aliphatic hydroxyl groups excluding tert-OH is 1. The first-order valence-corrected chi connectivity index (χ1v) is 8.29. The molecule has 1 aliphatic heterocycles. The van der Waals surface area contributed by atoms with Crippen LogP contribution in [-0.4, -0.2) is 38.8 Å². The number of amides is 1. The molecule has 2 heterocycles. The molecule has 0 bridgehead atoms. The van der Waals surface area contributed by atoms with E-state index in [1.165, 1.54) is 0 Å². The van der Waals surface area contributed by atoms with Gasteiger partial charge in [-0.05, 0) is 18.6 Å². The predicted octanol–water partition coefficient (Wildman–Crippen LogP) is 1.66. The Morgan fingerprint density at radius 1 is 1.33 bits per heavy atom. The number of rotatable bonds is 6. The molecule has 24 heavy (non-hydrogen) atoms. The second kappa shape index (κ2) is 7.49. The van der Waals surface area contributed by atoms with Crippen LogP contribution in [0.15, 0.2) is 30.3 Å². The third kappa shape index (κ3) is 3.59. The van der Waals surface area contributed by atoms with Crippen LogP contribution in [0.25, 0.3) is 0 Å². The van der Waals surface area contributed by atoms with Crippen LogP contribution < -0.4 is 4.74 Å². The standard InChI is InChI=1S/C18H23N3O3/c1-20-17-9-10-21(12-15(17)16(13-22)19-20)18(23)8-5-11-24-14-6-3-2-4-7-14/h2-4,6-7,22H,5,8-13H2,1H3. The highest BCUT2D eigenvalue weighted by Gasteiger charge is 2.25. The molecule has 3 rings (SSSR count). The van der Waals surface area contributed by atoms with Crippen molar-refractivity contribution in [3.05, 3.63) is 47.3 Å². The van der Waals surface area contributed by atoms with Crippen molar-refractivity contribution in [3.8, 4) is 5.75 Å². The molecule has 6 nitrogen and oxygen atoms in total. The molecule has 0 spiro atoms. The highest BCUT2D eigenvalue weighted by atomic mass is 16.5. The SMILES string of the molecule is Cn1nc(CO)c2c1CCN(C(=O)CCCOc1ccccc1)C2. The molecule has 0 fully saturated rings. The van der Waals surface area contributed by atoms with E-state index in [0.29, 0.717) is 38.2 Å². The van der Waals surface area contributed by atoms with E-state index in [1.807, 2.05) is 47.0 Å². The Bertz CT molecular complexity index is 697. The summed E-state index contributed by atoms with van der Waals surface area (Å²) in [7, 11) is 1.89. The Kier molecular flexibility index (Phi) is 5.15. The van der Waals surface area contributed by atoms with Gasteiger partial charge in [0.2, 0.25) is 5.91 Å². The maximum atomic E-state index is 12.4. The van der Waals surface area contributed by atoms with Crippen molar-refractivity contribution in [1.82, 2.24) is 14.7 Å². The number of benzene rings is 1. The lowest BCUT2D eigenvalue weighted by molar-refractivity contribution is -0.132. The minimum absolute atomic E-state index is 0.0872. The zero-order valence-electron chi connectivity index (χ0n) is 13.9. The number of nitrogens with zero attached hydrogens (tertiary/aromatic N) is 3. The molecule has 0 atom stereocenters. The summed E-state index contributed by atoms with van der Waals surface area (Å²) >= 11 is 0. The third-order valence-corrected chi connectivity index (χ3v) is 4.37. The van der Waals surface area contributed by atoms with E-state index in [9.17, 15) is 9.90 Å². The van der Waals surface area contributed by atoms with Crippen LogP contribution in [0.5, 0.6) is 5.75 Å². The van der Waals surface area contributed by atoms with Gasteiger partial charge in [0.25, 0.3) is 0 Å². The topological polar surface area (TPSA) is 67.6 Å². The van der Waals surface area contributed by atoms with Crippen LogP contribution in [0.1, 0.15) is 29.8 Å². The Balaban J connectivity index is 1.49. The van der Waals surface area contributed by atoms with Gasteiger partial charge >= 0.3 is 0 Å². The molecular weight excluding hydrogens is 306 g/mol. The van der Waals surface area contributed by atoms with Gasteiger partial charge in [-0.15, -0.1) is 0 Å². The van der Waals surface area contributed by atoms with E-state index in [1.54, 1.807) is 0 Å². The van der Waals surface area contributed by atoms with E-state index < -0.39 is 0 Å². The van der Waals surface area contributed by atoms with Gasteiger partial charge in [-0.3, -0.25) is 9.48 Å². The summed E-state index contributed by atoms with van der Waals surface area (Å²) in [5.74, 6) is 0.959. The van der Waals surface area contributed by atoms with Crippen LogP contribution >= 0.6 is 0 Å². The predicted molar refractivity (Wildman–Crippen MR) is 89.4 cm³/mol. The molecule has 0 radical (unpaired) electrons. The summed E-state index contributed by atoms with van der Waals surface area (Å²) in [6, 6.07) is 9.62. The largest absolute Gasteiger partial charge is 0.494 e. The molecule has 0 unspecified atom stereocenters. The highest BCUT2D eigenvalue weighted by molar-refractivity contribution is 5.76. The van der Waals surface area contributed by atoms with E-state index in [2.05, 4.69) is 5.10 Å². The van der Waals surface area contributed by atoms with Gasteiger partial charge in [-0.2, -0.15) is 5.10 Å². The van der Waals surface area contributed by atoms with Crippen LogP contribution in [-0.2, 0) is 31.4 Å². The van der Waals surface area contributed by atoms with Gasteiger partial charge in [-0.25, -0.2) is 0 Å². The van der Waals surface area contributed by atoms with Gasteiger partial charge < -0.3 is 14.7 Å². The number of hydrogen-bond acceptors (Lipinski definition) is 4. The van der Waals surface area contributed by atoms with Crippen molar-refractivity contribution >= 4 is 5.91 Å². The zero-order valence-corrected chi connectivity index (χ0v) is 13.9. The average molecular weight is 329 g/mol. The summed E-state index contributed by atoms with van der Waals surface area (Å²) in [6.45, 7) is 1.69. The molecular formula is C18H23N3O3. The van der Waals surface area contributed by atoms with Gasteiger partial charge in [0.15, 0.2) is 0 Å². The monoisotopic (exact) mass is 329 g/mol. The second-order valence-electron chi connectivity index (χ2n) is 5.98. The summed E-state index contributed by atoms with van der Waals surface area (Å²) in [6.07, 6.45) is 1.94. The van der Waals surface area contributed by atoms with Crippen LogP contribution in [0.2, 0.25) is 0 Å². The first-order chi connectivity index (χ1) is 11.7. The van der Waals surface area contributed by atoms with Crippen molar-refractivity contribution in [2.75, 3.05) is 13.2 Å². The summed E-state index contributed by atoms with van der Waals surface area (Å²) in [4.78, 5) is 14.3. The van der Waals surface area contributed by atoms with Crippen molar-refractivity contribution in [2.24, 2.45) is 7.05 Å². The number of para-hydroxylation sites is 1. The quantitative estimate of drug-likeness (QED) is 0.819. The van der Waals surface area contributed by atoms with Crippen LogP contribution in [0.3, 0.4) is 0 Å². The van der Waals surface area contributed by atoms with E-state index in [-0.39, 0.29) is 12.5 Å². The number of carbonyl (C=O) groups excluding carboxylic acids is 1. The van der Waals surface area contributed by atoms with Crippen molar-refractivity contribution < 1.29 is 14.6 Å². The fourth-order valence-electron chi connectivity index (χ4n) is 3.10. The number of aliphatic hydroxyl groups is 1. The zero-order chi connectivity index (χ0) is 16.9. The van der Waals surface area contributed by atoms with Gasteiger partial charge in [0.05, 0.1) is 18.9 Å². The summed E-state index contributed by atoms with van der Waals surface area (Å²) in [5.41, 5.74) is 2.80. The van der Waals surface area contributed by atoms with Crippen LogP contribution in [0, 0.1) is 0 Å². The van der Waals surface area contributed by atoms with Gasteiger partial charge in [0.1, 0.15) is 5.75 Å². The molecule has 1 N–H and O–H groups in total. The fraction of sp³-hybridized carbons (Fsp3) is 0.444. The fourth-order valence-corrected chi connectivity index (χ4v) is 3.10. The maximum Gasteiger partial charge on any atom is 0.223 e. The van der Waals surface area contributed by atoms with Gasteiger partial charge in [-0.1, -0.05) is 18.2 Å². The number of aryl methyl sites for hydroxylation is 1. The molecule has 2 aromatic rings. The second-order valence-corrected chi connectivity index (χ2v) is 5.98. The average Bonchev–Trinajstić information content (AvgIpc) is 2.95. The Morgan fingerprint density at radius 3 is 2.88 bits per heavy atom. The molecule has 128 valence electrons. The third-order valence-electron chi connectivity index (χ3n) is 4.37. The normalized spacial score (nSPS) is 13.7. The molecule has 1 aromatic carbocycles. The number of ether oxygens (including phenoxy) is 1. The molecule has 6 heteroatoms. The minimum atomic E-state index is -0.0872. The van der Waals surface area contributed by atoms with Crippen molar-refractivity contribution in [1.29, 1.82) is 0 Å². The van der Waals surface area contributed by atoms with Crippen molar-refractivity contribution in [2.45, 2.75) is 32.4 Å². The Hall–Kier alpha value is -2.34. The lowest BCUT2D eigenvalue weighted by atomic mass is 10.0. The number of carbonyl (C=O) groups is 1. The molecule has 0 saturated carbocycles. The molecule has 1 aliphatic rings. The smallest absolute Gasteiger partial charge is 0.223 e. The van der Waals surface area contributed by atoms with Crippen molar-refractivity contribution in [3.63, 3.8) is 0 Å². The van der Waals surface area contributed by atoms with E-state index >= 15 is 0 Å². The Morgan fingerprint density at radius 2 is 2.12 bits per heavy atom. The molecule has 1 amide bonds. The molecule has 1 aromatic heterocycles. The Labute approximate surface area is 141 Å². The number of aromatic nitrogens is 2. The number of hydrogen-bond donors (Lipinski definition) is 1. The van der Waals surface area contributed by atoms with Gasteiger partial charge in [0, 0.05) is 44.2 Å².